The first-order valence-electron chi connectivity index (χ1n) is 14.3. The molecule has 0 N–H and O–H groups in total. The highest BCUT2D eigenvalue weighted by Crippen LogP contribution is 2.26. The van der Waals surface area contributed by atoms with Crippen LogP contribution in [0.3, 0.4) is 0 Å². The van der Waals surface area contributed by atoms with Crippen LogP contribution in [0, 0.1) is 0 Å². The van der Waals surface area contributed by atoms with Crippen LogP contribution < -0.4 is 28.4 Å². The normalized spacial score (nSPS) is 15.3. The first-order valence-corrected chi connectivity index (χ1v) is 14.3. The van der Waals surface area contributed by atoms with Gasteiger partial charge in [-0.05, 0) is 53.1 Å². The molecule has 4 rings (SSSR count). The van der Waals surface area contributed by atoms with Crippen molar-refractivity contribution in [3.05, 3.63) is 71.3 Å². The minimum absolute atomic E-state index is 0.801. The van der Waals surface area contributed by atoms with Crippen LogP contribution in [0.1, 0.15) is 16.7 Å². The van der Waals surface area contributed by atoms with Crippen LogP contribution in [0.5, 0.6) is 34.5 Å². The summed E-state index contributed by atoms with van der Waals surface area (Å²) in [6.45, 7) is 7.99. The lowest BCUT2D eigenvalue weighted by atomic mass is 10.1. The number of methoxy groups -OCH3 is 6. The molecule has 0 aliphatic carbocycles. The van der Waals surface area contributed by atoms with Crippen molar-refractivity contribution in [2.75, 3.05) is 81.9 Å². The molecular weight excluding hydrogens is 534 g/mol. The van der Waals surface area contributed by atoms with E-state index in [0.717, 1.165) is 93.4 Å². The Morgan fingerprint density at radius 1 is 0.357 bits per heavy atom. The van der Waals surface area contributed by atoms with Gasteiger partial charge in [-0.2, -0.15) is 0 Å². The molecule has 0 spiro atoms. The van der Waals surface area contributed by atoms with E-state index in [4.69, 9.17) is 28.4 Å². The third kappa shape index (κ3) is 8.92. The summed E-state index contributed by atoms with van der Waals surface area (Å²) in [5.74, 6) is 4.81. The molecule has 1 aliphatic rings. The van der Waals surface area contributed by atoms with Crippen LogP contribution in [0.25, 0.3) is 0 Å². The van der Waals surface area contributed by atoms with Gasteiger partial charge in [0.25, 0.3) is 0 Å². The second-order valence-corrected chi connectivity index (χ2v) is 10.5. The molecule has 3 aromatic carbocycles. The average Bonchev–Trinajstić information content (AvgIpc) is 3.11. The van der Waals surface area contributed by atoms with Crippen LogP contribution in [-0.2, 0) is 19.6 Å². The monoisotopic (exact) mass is 579 g/mol. The van der Waals surface area contributed by atoms with E-state index in [9.17, 15) is 0 Å². The largest absolute Gasteiger partial charge is 0.497 e. The molecular formula is C33H45N3O6. The van der Waals surface area contributed by atoms with Crippen LogP contribution >= 0.6 is 0 Å². The molecule has 0 bridgehead atoms. The van der Waals surface area contributed by atoms with Crippen LogP contribution in [0.15, 0.2) is 54.6 Å². The van der Waals surface area contributed by atoms with Gasteiger partial charge in [0.1, 0.15) is 34.5 Å². The Morgan fingerprint density at radius 3 is 0.714 bits per heavy atom. The van der Waals surface area contributed by atoms with E-state index in [0.29, 0.717) is 0 Å². The van der Waals surface area contributed by atoms with Gasteiger partial charge in [0.2, 0.25) is 0 Å². The molecule has 9 heteroatoms. The molecule has 42 heavy (non-hydrogen) atoms. The number of benzene rings is 3. The van der Waals surface area contributed by atoms with E-state index in [2.05, 4.69) is 51.1 Å². The SMILES string of the molecule is COc1cc(CN2CCN(Cc3cc(OC)cc(OC)c3)CCN(Cc3cc(OC)cc(OC)c3)CC2)cc(OC)c1. The summed E-state index contributed by atoms with van der Waals surface area (Å²) < 4.78 is 33.2. The van der Waals surface area contributed by atoms with Gasteiger partial charge >= 0.3 is 0 Å². The highest BCUT2D eigenvalue weighted by molar-refractivity contribution is 5.40. The maximum Gasteiger partial charge on any atom is 0.122 e. The van der Waals surface area contributed by atoms with Crippen molar-refractivity contribution >= 4 is 0 Å². The van der Waals surface area contributed by atoms with Crippen LogP contribution in [0.4, 0.5) is 0 Å². The molecule has 1 fully saturated rings. The van der Waals surface area contributed by atoms with Crippen molar-refractivity contribution < 1.29 is 28.4 Å². The number of rotatable bonds is 12. The van der Waals surface area contributed by atoms with Gasteiger partial charge < -0.3 is 28.4 Å². The van der Waals surface area contributed by atoms with Crippen molar-refractivity contribution in [3.8, 4) is 34.5 Å². The molecule has 1 heterocycles. The fraction of sp³-hybridized carbons (Fsp3) is 0.455. The minimum atomic E-state index is 0.801. The van der Waals surface area contributed by atoms with E-state index >= 15 is 0 Å². The van der Waals surface area contributed by atoms with Gasteiger partial charge in [0.15, 0.2) is 0 Å². The Bertz CT molecular complexity index is 1050. The summed E-state index contributed by atoms with van der Waals surface area (Å²) in [6, 6.07) is 18.3. The van der Waals surface area contributed by atoms with Gasteiger partial charge in [-0.3, -0.25) is 14.7 Å². The predicted octanol–water partition coefficient (Wildman–Crippen LogP) is 4.56. The molecule has 228 valence electrons. The molecule has 0 amide bonds. The molecule has 0 saturated carbocycles. The molecule has 1 aliphatic heterocycles. The summed E-state index contributed by atoms with van der Waals surface area (Å²) >= 11 is 0. The first-order chi connectivity index (χ1) is 20.4. The molecule has 9 nitrogen and oxygen atoms in total. The maximum atomic E-state index is 5.54. The molecule has 0 atom stereocenters. The van der Waals surface area contributed by atoms with E-state index in [1.54, 1.807) is 42.7 Å². The standard InChI is InChI=1S/C33H45N3O6/c1-37-28-13-25(14-29(19-28)38-2)22-34-7-9-35(23-26-15-30(39-3)20-31(16-26)40-4)11-12-36(10-8-34)24-27-17-32(41-5)21-33(18-27)42-6/h13-21H,7-12,22-24H2,1-6H3. The predicted molar refractivity (Wildman–Crippen MR) is 164 cm³/mol. The van der Waals surface area contributed by atoms with Gasteiger partial charge in [-0.25, -0.2) is 0 Å². The van der Waals surface area contributed by atoms with Crippen molar-refractivity contribution in [1.29, 1.82) is 0 Å². The Hall–Kier alpha value is -3.66. The second-order valence-electron chi connectivity index (χ2n) is 10.5. The molecule has 0 radical (unpaired) electrons. The Morgan fingerprint density at radius 2 is 0.548 bits per heavy atom. The second kappa shape index (κ2) is 15.5. The Labute approximate surface area is 250 Å². The lowest BCUT2D eigenvalue weighted by molar-refractivity contribution is 0.209. The minimum Gasteiger partial charge on any atom is -0.497 e. The zero-order chi connectivity index (χ0) is 29.9. The summed E-state index contributed by atoms with van der Waals surface area (Å²) in [4.78, 5) is 7.54. The average molecular weight is 580 g/mol. The third-order valence-electron chi connectivity index (χ3n) is 7.65. The number of hydrogen-bond acceptors (Lipinski definition) is 9. The number of ether oxygens (including phenoxy) is 6. The lowest BCUT2D eigenvalue weighted by Crippen LogP contribution is -2.35. The fourth-order valence-corrected chi connectivity index (χ4v) is 5.31. The highest BCUT2D eigenvalue weighted by Gasteiger charge is 2.19. The fourth-order valence-electron chi connectivity index (χ4n) is 5.31. The zero-order valence-corrected chi connectivity index (χ0v) is 25.9. The van der Waals surface area contributed by atoms with Gasteiger partial charge in [-0.15, -0.1) is 0 Å². The van der Waals surface area contributed by atoms with Gasteiger partial charge in [-0.1, -0.05) is 0 Å². The van der Waals surface area contributed by atoms with Gasteiger partial charge in [0, 0.05) is 77.1 Å². The highest BCUT2D eigenvalue weighted by atomic mass is 16.5. The van der Waals surface area contributed by atoms with E-state index in [1.165, 1.54) is 16.7 Å². The first kappa shape index (κ1) is 31.3. The zero-order valence-electron chi connectivity index (χ0n) is 25.9. The van der Waals surface area contributed by atoms with Crippen LogP contribution in [0.2, 0.25) is 0 Å². The summed E-state index contributed by atoms with van der Waals surface area (Å²) in [7, 11) is 10.1. The summed E-state index contributed by atoms with van der Waals surface area (Å²) in [5, 5.41) is 0. The van der Waals surface area contributed by atoms with Crippen molar-refractivity contribution in [2.45, 2.75) is 19.6 Å². The summed E-state index contributed by atoms with van der Waals surface area (Å²) in [6.07, 6.45) is 0. The third-order valence-corrected chi connectivity index (χ3v) is 7.65. The van der Waals surface area contributed by atoms with E-state index in [-0.39, 0.29) is 0 Å². The molecule has 3 aromatic rings. The molecule has 0 aromatic heterocycles. The molecule has 0 unspecified atom stereocenters. The Kier molecular flexibility index (Phi) is 11.6. The van der Waals surface area contributed by atoms with E-state index < -0.39 is 0 Å². The number of hydrogen-bond donors (Lipinski definition) is 0. The lowest BCUT2D eigenvalue weighted by Gasteiger charge is -2.26. The maximum absolute atomic E-state index is 5.54. The number of nitrogens with zero attached hydrogens (tertiary/aromatic N) is 3. The quantitative estimate of drug-likeness (QED) is 0.307. The van der Waals surface area contributed by atoms with Gasteiger partial charge in [0.05, 0.1) is 42.7 Å². The Balaban J connectivity index is 1.57. The topological polar surface area (TPSA) is 65.1 Å². The smallest absolute Gasteiger partial charge is 0.122 e. The summed E-state index contributed by atoms with van der Waals surface area (Å²) in [5.41, 5.74) is 3.50. The van der Waals surface area contributed by atoms with Crippen molar-refractivity contribution in [1.82, 2.24) is 14.7 Å². The van der Waals surface area contributed by atoms with E-state index in [1.807, 2.05) is 18.2 Å². The molecule has 1 saturated heterocycles. The van der Waals surface area contributed by atoms with Crippen molar-refractivity contribution in [3.63, 3.8) is 0 Å². The van der Waals surface area contributed by atoms with Crippen molar-refractivity contribution in [2.24, 2.45) is 0 Å². The van der Waals surface area contributed by atoms with Crippen LogP contribution in [-0.4, -0.2) is 96.6 Å².